The van der Waals surface area contributed by atoms with Crippen LogP contribution < -0.4 is 11.1 Å². The zero-order valence-corrected chi connectivity index (χ0v) is 11.2. The van der Waals surface area contributed by atoms with Crippen molar-refractivity contribution >= 4 is 22.9 Å². The van der Waals surface area contributed by atoms with Crippen LogP contribution in [0.15, 0.2) is 18.5 Å². The number of pyridine rings is 1. The lowest BCUT2D eigenvalue weighted by Gasteiger charge is -2.30. The van der Waals surface area contributed by atoms with E-state index in [4.69, 9.17) is 22.7 Å². The number of nitrogens with zero attached hydrogens (tertiary/aromatic N) is 2. The molecule has 2 heterocycles. The van der Waals surface area contributed by atoms with Crippen molar-refractivity contribution in [3.05, 3.63) is 24.0 Å². The third kappa shape index (κ3) is 3.38. The van der Waals surface area contributed by atoms with E-state index in [-0.39, 0.29) is 6.10 Å². The van der Waals surface area contributed by atoms with E-state index in [0.29, 0.717) is 4.99 Å². The molecule has 5 nitrogen and oxygen atoms in total. The Bertz CT molecular complexity index is 426. The maximum absolute atomic E-state index is 5.68. The monoisotopic (exact) mass is 266 g/mol. The van der Waals surface area contributed by atoms with Crippen LogP contribution in [0.4, 0.5) is 5.69 Å². The van der Waals surface area contributed by atoms with Gasteiger partial charge in [0.2, 0.25) is 0 Å². The van der Waals surface area contributed by atoms with E-state index >= 15 is 0 Å². The second kappa shape index (κ2) is 6.08. The van der Waals surface area contributed by atoms with E-state index in [9.17, 15) is 0 Å². The van der Waals surface area contributed by atoms with Gasteiger partial charge in [-0.3, -0.25) is 4.98 Å². The molecule has 1 unspecified atom stereocenters. The highest BCUT2D eigenvalue weighted by Crippen LogP contribution is 2.14. The molecule has 1 aliphatic heterocycles. The van der Waals surface area contributed by atoms with Crippen molar-refractivity contribution in [2.75, 3.05) is 38.6 Å². The summed E-state index contributed by atoms with van der Waals surface area (Å²) in [5.41, 5.74) is 7.36. The van der Waals surface area contributed by atoms with Gasteiger partial charge in [0.05, 0.1) is 24.6 Å². The standard InChI is InChI=1S/C12H18N4OS/c1-16-4-5-17-9(8-16)6-15-11-7-14-3-2-10(11)12(13)18/h2-3,7,9,15H,4-6,8H2,1H3,(H2,13,18). The molecule has 1 aromatic rings. The number of hydrogen-bond acceptors (Lipinski definition) is 5. The molecule has 0 radical (unpaired) electrons. The Morgan fingerprint density at radius 1 is 1.72 bits per heavy atom. The van der Waals surface area contributed by atoms with Gasteiger partial charge < -0.3 is 20.7 Å². The van der Waals surface area contributed by atoms with Crippen LogP contribution in [0.5, 0.6) is 0 Å². The van der Waals surface area contributed by atoms with Crippen LogP contribution in [0.2, 0.25) is 0 Å². The summed E-state index contributed by atoms with van der Waals surface area (Å²) in [7, 11) is 2.10. The number of nitrogens with two attached hydrogens (primary N) is 1. The van der Waals surface area contributed by atoms with E-state index in [1.807, 2.05) is 6.07 Å². The summed E-state index contributed by atoms with van der Waals surface area (Å²) < 4.78 is 5.68. The largest absolute Gasteiger partial charge is 0.389 e. The molecular formula is C12H18N4OS. The second-order valence-corrected chi connectivity index (χ2v) is 4.86. The smallest absolute Gasteiger partial charge is 0.106 e. The Balaban J connectivity index is 1.95. The van der Waals surface area contributed by atoms with E-state index in [1.54, 1.807) is 12.4 Å². The zero-order chi connectivity index (χ0) is 13.0. The third-order valence-electron chi connectivity index (χ3n) is 2.95. The van der Waals surface area contributed by atoms with Gasteiger partial charge in [-0.05, 0) is 13.1 Å². The normalized spacial score (nSPS) is 20.6. The molecule has 0 amide bonds. The van der Waals surface area contributed by atoms with Crippen molar-refractivity contribution < 1.29 is 4.74 Å². The minimum absolute atomic E-state index is 0.183. The minimum atomic E-state index is 0.183. The van der Waals surface area contributed by atoms with Crippen molar-refractivity contribution in [1.29, 1.82) is 0 Å². The molecule has 1 aliphatic rings. The van der Waals surface area contributed by atoms with Gasteiger partial charge in [0, 0.05) is 31.4 Å². The van der Waals surface area contributed by atoms with Crippen LogP contribution in [0.1, 0.15) is 5.56 Å². The number of aromatic nitrogens is 1. The molecule has 0 aliphatic carbocycles. The van der Waals surface area contributed by atoms with Gasteiger partial charge in [-0.1, -0.05) is 12.2 Å². The zero-order valence-electron chi connectivity index (χ0n) is 10.4. The number of morpholine rings is 1. The Hall–Kier alpha value is -1.24. The topological polar surface area (TPSA) is 63.4 Å². The second-order valence-electron chi connectivity index (χ2n) is 4.42. The van der Waals surface area contributed by atoms with Crippen molar-refractivity contribution in [3.8, 4) is 0 Å². The highest BCUT2D eigenvalue weighted by molar-refractivity contribution is 7.80. The lowest BCUT2D eigenvalue weighted by Crippen LogP contribution is -2.43. The highest BCUT2D eigenvalue weighted by Gasteiger charge is 2.17. The van der Waals surface area contributed by atoms with Gasteiger partial charge in [-0.2, -0.15) is 0 Å². The predicted octanol–water partition coefficient (Wildman–Crippen LogP) is 0.458. The van der Waals surface area contributed by atoms with Crippen LogP contribution in [-0.2, 0) is 4.74 Å². The number of hydrogen-bond donors (Lipinski definition) is 2. The molecular weight excluding hydrogens is 248 g/mol. The van der Waals surface area contributed by atoms with Gasteiger partial charge in [-0.15, -0.1) is 0 Å². The molecule has 0 spiro atoms. The summed E-state index contributed by atoms with van der Waals surface area (Å²) in [5, 5.41) is 3.30. The molecule has 2 rings (SSSR count). The molecule has 1 saturated heterocycles. The summed E-state index contributed by atoms with van der Waals surface area (Å²) in [6.45, 7) is 3.42. The molecule has 6 heteroatoms. The molecule has 0 aromatic carbocycles. The first-order valence-corrected chi connectivity index (χ1v) is 6.35. The van der Waals surface area contributed by atoms with E-state index in [1.165, 1.54) is 0 Å². The number of nitrogens with one attached hydrogen (secondary N) is 1. The Kier molecular flexibility index (Phi) is 4.46. The molecule has 0 saturated carbocycles. The molecule has 98 valence electrons. The van der Waals surface area contributed by atoms with Crippen LogP contribution >= 0.6 is 12.2 Å². The van der Waals surface area contributed by atoms with E-state index < -0.39 is 0 Å². The van der Waals surface area contributed by atoms with Gasteiger partial charge >= 0.3 is 0 Å². The summed E-state index contributed by atoms with van der Waals surface area (Å²) in [5.74, 6) is 0. The van der Waals surface area contributed by atoms with Crippen molar-refractivity contribution in [1.82, 2.24) is 9.88 Å². The summed E-state index contributed by atoms with van der Waals surface area (Å²) in [6, 6.07) is 1.82. The van der Waals surface area contributed by atoms with Crippen LogP contribution in [0, 0.1) is 0 Å². The van der Waals surface area contributed by atoms with Gasteiger partial charge in [0.25, 0.3) is 0 Å². The summed E-state index contributed by atoms with van der Waals surface area (Å²) >= 11 is 5.01. The number of likely N-dealkylation sites (N-methyl/N-ethyl adjacent to an activating group) is 1. The molecule has 1 atom stereocenters. The Morgan fingerprint density at radius 3 is 3.28 bits per heavy atom. The van der Waals surface area contributed by atoms with E-state index in [0.717, 1.165) is 37.5 Å². The van der Waals surface area contributed by atoms with Crippen molar-refractivity contribution in [2.45, 2.75) is 6.10 Å². The summed E-state index contributed by atoms with van der Waals surface area (Å²) in [4.78, 5) is 6.71. The van der Waals surface area contributed by atoms with E-state index in [2.05, 4.69) is 22.2 Å². The highest BCUT2D eigenvalue weighted by atomic mass is 32.1. The predicted molar refractivity (Wildman–Crippen MR) is 75.9 cm³/mol. The maximum Gasteiger partial charge on any atom is 0.106 e. The fraction of sp³-hybridized carbons (Fsp3) is 0.500. The Morgan fingerprint density at radius 2 is 2.56 bits per heavy atom. The minimum Gasteiger partial charge on any atom is -0.389 e. The van der Waals surface area contributed by atoms with Crippen LogP contribution in [0.25, 0.3) is 0 Å². The number of anilines is 1. The molecule has 1 aromatic heterocycles. The van der Waals surface area contributed by atoms with Crippen molar-refractivity contribution in [2.24, 2.45) is 5.73 Å². The van der Waals surface area contributed by atoms with Crippen LogP contribution in [0.3, 0.4) is 0 Å². The first-order valence-electron chi connectivity index (χ1n) is 5.94. The number of ether oxygens (including phenoxy) is 1. The molecule has 0 bridgehead atoms. The molecule has 1 fully saturated rings. The molecule has 3 N–H and O–H groups in total. The summed E-state index contributed by atoms with van der Waals surface area (Å²) in [6.07, 6.45) is 3.61. The lowest BCUT2D eigenvalue weighted by atomic mass is 10.2. The number of rotatable bonds is 4. The average Bonchev–Trinajstić information content (AvgIpc) is 2.37. The van der Waals surface area contributed by atoms with Gasteiger partial charge in [0.1, 0.15) is 4.99 Å². The fourth-order valence-electron chi connectivity index (χ4n) is 1.96. The number of thiocarbonyl (C=S) groups is 1. The Labute approximate surface area is 112 Å². The SMILES string of the molecule is CN1CCOC(CNc2cnccc2C(N)=S)C1. The quantitative estimate of drug-likeness (QED) is 0.772. The average molecular weight is 266 g/mol. The first kappa shape index (κ1) is 13.2. The van der Waals surface area contributed by atoms with Crippen LogP contribution in [-0.4, -0.2) is 54.3 Å². The molecule has 18 heavy (non-hydrogen) atoms. The van der Waals surface area contributed by atoms with Gasteiger partial charge in [0.15, 0.2) is 0 Å². The maximum atomic E-state index is 5.68. The fourth-order valence-corrected chi connectivity index (χ4v) is 2.14. The first-order chi connectivity index (χ1) is 8.66. The van der Waals surface area contributed by atoms with Gasteiger partial charge in [-0.25, -0.2) is 0 Å². The third-order valence-corrected chi connectivity index (χ3v) is 3.17. The van der Waals surface area contributed by atoms with Crippen molar-refractivity contribution in [3.63, 3.8) is 0 Å². The lowest BCUT2D eigenvalue weighted by molar-refractivity contribution is -0.0117.